The lowest BCUT2D eigenvalue weighted by molar-refractivity contribution is 0.890. The van der Waals surface area contributed by atoms with Gasteiger partial charge in [0.15, 0.2) is 5.65 Å². The van der Waals surface area contributed by atoms with Gasteiger partial charge in [-0.15, -0.1) is 0 Å². The van der Waals surface area contributed by atoms with Gasteiger partial charge in [0.05, 0.1) is 0 Å². The Morgan fingerprint density at radius 1 is 1.05 bits per heavy atom. The van der Waals surface area contributed by atoms with Gasteiger partial charge in [0.1, 0.15) is 11.3 Å². The molecule has 0 unspecified atom stereocenters. The van der Waals surface area contributed by atoms with E-state index in [9.17, 15) is 9.59 Å². The molecule has 0 fully saturated rings. The van der Waals surface area contributed by atoms with Crippen LogP contribution in [0.15, 0.2) is 33.9 Å². The highest BCUT2D eigenvalue weighted by Crippen LogP contribution is 2.13. The highest BCUT2D eigenvalue weighted by Gasteiger charge is 2.08. The molecule has 0 spiro atoms. The minimum absolute atomic E-state index is 0.273. The Kier molecular flexibility index (Phi) is 2.86. The lowest BCUT2D eigenvalue weighted by atomic mass is 10.1. The molecule has 7 heteroatoms. The number of aromatic nitrogens is 4. The first-order chi connectivity index (χ1) is 9.63. The number of hydrogen-bond donors (Lipinski definition) is 4. The second kappa shape index (κ2) is 4.69. The average Bonchev–Trinajstić information content (AvgIpc) is 2.81. The molecule has 0 aliphatic carbocycles. The molecule has 20 heavy (non-hydrogen) atoms. The zero-order valence-corrected chi connectivity index (χ0v) is 10.6. The van der Waals surface area contributed by atoms with E-state index in [1.54, 1.807) is 0 Å². The topological polar surface area (TPSA) is 120 Å². The number of nitrogen functional groups attached to an aromatic ring is 1. The lowest BCUT2D eigenvalue weighted by Crippen LogP contribution is -2.21. The van der Waals surface area contributed by atoms with E-state index >= 15 is 0 Å². The number of aryl methyl sites for hydroxylation is 2. The molecule has 0 bridgehead atoms. The second-order valence-corrected chi connectivity index (χ2v) is 4.51. The number of imidazole rings is 1. The maximum atomic E-state index is 11.6. The Labute approximate surface area is 112 Å². The zero-order chi connectivity index (χ0) is 14.1. The van der Waals surface area contributed by atoms with Crippen LogP contribution in [0.3, 0.4) is 0 Å². The fraction of sp³-hybridized carbons (Fsp3) is 0.154. The maximum absolute atomic E-state index is 11.6. The van der Waals surface area contributed by atoms with E-state index in [-0.39, 0.29) is 11.2 Å². The Bertz CT molecular complexity index is 874. The number of benzene rings is 1. The molecule has 3 aromatic rings. The summed E-state index contributed by atoms with van der Waals surface area (Å²) in [7, 11) is 0. The maximum Gasteiger partial charge on any atom is 0.327 e. The number of nitrogens with two attached hydrogens (primary N) is 1. The molecular weight excluding hydrogens is 258 g/mol. The van der Waals surface area contributed by atoms with Crippen LogP contribution in [0.4, 0.5) is 5.69 Å². The molecule has 0 aliphatic rings. The summed E-state index contributed by atoms with van der Waals surface area (Å²) in [5, 5.41) is 0. The summed E-state index contributed by atoms with van der Waals surface area (Å²) in [6.45, 7) is 0. The molecule has 7 nitrogen and oxygen atoms in total. The van der Waals surface area contributed by atoms with Crippen molar-refractivity contribution in [2.24, 2.45) is 0 Å². The molecule has 2 heterocycles. The molecular formula is C13H13N5O2. The van der Waals surface area contributed by atoms with Gasteiger partial charge < -0.3 is 10.7 Å². The Morgan fingerprint density at radius 3 is 2.65 bits per heavy atom. The van der Waals surface area contributed by atoms with Crippen LogP contribution >= 0.6 is 0 Å². The minimum atomic E-state index is -0.562. The molecule has 102 valence electrons. The predicted octanol–water partition coefficient (Wildman–Crippen LogP) is 0.307. The van der Waals surface area contributed by atoms with Crippen molar-refractivity contribution in [3.63, 3.8) is 0 Å². The van der Waals surface area contributed by atoms with Gasteiger partial charge in [0, 0.05) is 12.1 Å². The van der Waals surface area contributed by atoms with Gasteiger partial charge in [0.2, 0.25) is 0 Å². The van der Waals surface area contributed by atoms with Crippen molar-refractivity contribution >= 4 is 16.9 Å². The summed E-state index contributed by atoms with van der Waals surface area (Å²) in [5.41, 5.74) is 7.14. The third kappa shape index (κ3) is 2.20. The van der Waals surface area contributed by atoms with Gasteiger partial charge in [-0.05, 0) is 18.1 Å². The van der Waals surface area contributed by atoms with Gasteiger partial charge >= 0.3 is 5.69 Å². The van der Waals surface area contributed by atoms with E-state index in [1.165, 1.54) is 0 Å². The van der Waals surface area contributed by atoms with E-state index in [0.717, 1.165) is 11.3 Å². The number of nitrogens with one attached hydrogen (secondary N) is 3. The summed E-state index contributed by atoms with van der Waals surface area (Å²) in [4.78, 5) is 34.5. The smallest absolute Gasteiger partial charge is 0.327 e. The van der Waals surface area contributed by atoms with Crippen molar-refractivity contribution in [2.75, 3.05) is 5.73 Å². The number of hydrogen-bond acceptors (Lipinski definition) is 4. The van der Waals surface area contributed by atoms with E-state index in [0.29, 0.717) is 18.7 Å². The van der Waals surface area contributed by atoms with Crippen LogP contribution in [-0.4, -0.2) is 19.9 Å². The van der Waals surface area contributed by atoms with Crippen molar-refractivity contribution in [1.82, 2.24) is 19.9 Å². The number of para-hydroxylation sites is 1. The van der Waals surface area contributed by atoms with Crippen molar-refractivity contribution in [2.45, 2.75) is 12.8 Å². The van der Waals surface area contributed by atoms with E-state index in [4.69, 9.17) is 5.73 Å². The van der Waals surface area contributed by atoms with E-state index in [2.05, 4.69) is 19.9 Å². The molecule has 0 amide bonds. The fourth-order valence-corrected chi connectivity index (χ4v) is 2.11. The van der Waals surface area contributed by atoms with Crippen LogP contribution in [0.5, 0.6) is 0 Å². The molecule has 0 saturated heterocycles. The van der Waals surface area contributed by atoms with Crippen molar-refractivity contribution in [1.29, 1.82) is 0 Å². The number of nitrogens with zero attached hydrogens (tertiary/aromatic N) is 1. The second-order valence-electron chi connectivity index (χ2n) is 4.51. The fourth-order valence-electron chi connectivity index (χ4n) is 2.11. The van der Waals surface area contributed by atoms with E-state index in [1.807, 2.05) is 24.3 Å². The zero-order valence-electron chi connectivity index (χ0n) is 10.6. The molecule has 0 saturated carbocycles. The summed E-state index contributed by atoms with van der Waals surface area (Å²) >= 11 is 0. The summed E-state index contributed by atoms with van der Waals surface area (Å²) in [6, 6.07) is 7.60. The number of H-pyrrole nitrogens is 3. The predicted molar refractivity (Wildman–Crippen MR) is 75.6 cm³/mol. The van der Waals surface area contributed by atoms with Crippen molar-refractivity contribution in [3.8, 4) is 0 Å². The number of aromatic amines is 3. The molecule has 1 aromatic carbocycles. The third-order valence-corrected chi connectivity index (χ3v) is 3.13. The molecule has 0 radical (unpaired) electrons. The first kappa shape index (κ1) is 12.2. The van der Waals surface area contributed by atoms with Gasteiger partial charge in [0.25, 0.3) is 5.56 Å². The number of fused-ring (bicyclic) bond motifs is 1. The summed E-state index contributed by atoms with van der Waals surface area (Å²) in [5.74, 6) is 0.635. The standard InChI is InChI=1S/C13H13N5O2/c14-8-4-2-1-3-7(8)5-6-9-15-10-11(16-9)17-13(20)18-12(10)19/h1-4H,5-6,14H2,(H3,15,16,17,18,19,20). The quantitative estimate of drug-likeness (QED) is 0.512. The van der Waals surface area contributed by atoms with Gasteiger partial charge in [-0.3, -0.25) is 14.8 Å². The van der Waals surface area contributed by atoms with Gasteiger partial charge in [-0.2, -0.15) is 0 Å². The van der Waals surface area contributed by atoms with Crippen molar-refractivity contribution in [3.05, 3.63) is 56.5 Å². The Hall–Kier alpha value is -2.83. The Balaban J connectivity index is 1.89. The number of anilines is 1. The molecule has 2 aromatic heterocycles. The monoisotopic (exact) mass is 271 g/mol. The average molecular weight is 271 g/mol. The lowest BCUT2D eigenvalue weighted by Gasteiger charge is -2.02. The highest BCUT2D eigenvalue weighted by atomic mass is 16.2. The van der Waals surface area contributed by atoms with Crippen molar-refractivity contribution < 1.29 is 0 Å². The Morgan fingerprint density at radius 2 is 1.85 bits per heavy atom. The van der Waals surface area contributed by atoms with Gasteiger partial charge in [-0.1, -0.05) is 18.2 Å². The summed E-state index contributed by atoms with van der Waals surface area (Å²) < 4.78 is 0. The van der Waals surface area contributed by atoms with Crippen LogP contribution in [-0.2, 0) is 12.8 Å². The largest absolute Gasteiger partial charge is 0.399 e. The molecule has 3 rings (SSSR count). The molecule has 0 atom stereocenters. The normalized spacial score (nSPS) is 11.0. The molecule has 0 aliphatic heterocycles. The third-order valence-electron chi connectivity index (χ3n) is 3.13. The van der Waals surface area contributed by atoms with Crippen LogP contribution in [0, 0.1) is 0 Å². The number of rotatable bonds is 3. The minimum Gasteiger partial charge on any atom is -0.399 e. The molecule has 5 N–H and O–H groups in total. The first-order valence-electron chi connectivity index (χ1n) is 6.18. The van der Waals surface area contributed by atoms with Gasteiger partial charge in [-0.25, -0.2) is 9.78 Å². The SMILES string of the molecule is Nc1ccccc1CCc1nc2[nH]c(=O)[nH]c(=O)c2[nH]1. The van der Waals surface area contributed by atoms with Crippen LogP contribution < -0.4 is 17.0 Å². The van der Waals surface area contributed by atoms with Crippen LogP contribution in [0.1, 0.15) is 11.4 Å². The van der Waals surface area contributed by atoms with E-state index < -0.39 is 11.2 Å². The summed E-state index contributed by atoms with van der Waals surface area (Å²) in [6.07, 6.45) is 1.30. The van der Waals surface area contributed by atoms with Crippen LogP contribution in [0.2, 0.25) is 0 Å². The first-order valence-corrected chi connectivity index (χ1v) is 6.18. The highest BCUT2D eigenvalue weighted by molar-refractivity contribution is 5.68. The van der Waals surface area contributed by atoms with Crippen LogP contribution in [0.25, 0.3) is 11.2 Å².